The Bertz CT molecular complexity index is 1050. The van der Waals surface area contributed by atoms with Crippen LogP contribution in [0.25, 0.3) is 11.1 Å². The fourth-order valence-electron chi connectivity index (χ4n) is 2.87. The number of benzene rings is 1. The van der Waals surface area contributed by atoms with Gasteiger partial charge in [-0.3, -0.25) is 0 Å². The molecule has 0 aliphatic rings. The summed E-state index contributed by atoms with van der Waals surface area (Å²) in [6.45, 7) is 12.7. The number of allylic oxidation sites excluding steroid dienone is 2. The van der Waals surface area contributed by atoms with E-state index in [0.717, 1.165) is 22.4 Å². The van der Waals surface area contributed by atoms with Crippen molar-refractivity contribution in [2.24, 2.45) is 5.92 Å². The maximum absolute atomic E-state index is 6.34. The average molecular weight is 440 g/mol. The number of tetrazole rings is 1. The average Bonchev–Trinajstić information content (AvgIpc) is 3.26. The Labute approximate surface area is 187 Å². The van der Waals surface area contributed by atoms with Crippen LogP contribution in [-0.4, -0.2) is 36.3 Å². The van der Waals surface area contributed by atoms with Gasteiger partial charge >= 0.3 is 0 Å². The van der Waals surface area contributed by atoms with Gasteiger partial charge in [-0.25, -0.2) is 14.6 Å². The van der Waals surface area contributed by atoms with Crippen LogP contribution in [0.5, 0.6) is 5.75 Å². The molecule has 0 aliphatic carbocycles. The van der Waals surface area contributed by atoms with Gasteiger partial charge in [0, 0.05) is 23.7 Å². The van der Waals surface area contributed by atoms with Gasteiger partial charge in [-0.2, -0.15) is 0 Å². The molecule has 0 aliphatic heterocycles. The maximum atomic E-state index is 6.34. The molecule has 0 amide bonds. The van der Waals surface area contributed by atoms with Crippen LogP contribution < -0.4 is 10.1 Å². The zero-order valence-corrected chi connectivity index (χ0v) is 18.8. The van der Waals surface area contributed by atoms with Crippen molar-refractivity contribution in [2.75, 3.05) is 5.32 Å². The van der Waals surface area contributed by atoms with E-state index in [-0.39, 0.29) is 6.10 Å². The van der Waals surface area contributed by atoms with Crippen LogP contribution in [0.1, 0.15) is 27.7 Å². The minimum Gasteiger partial charge on any atom is -0.487 e. The highest BCUT2D eigenvalue weighted by Crippen LogP contribution is 2.31. The standard InChI is InChI=1S/C22H26ClN7O/c1-6-20(16(5)14(2)3)27-22-24-10-18(11-25-22)17-7-8-19(23)21(9-17)31-15(4)12-30-13-26-28-29-30/h6-11,13-15H,5,12H2,1-4H3,(H,24,25,27)/b20-6+/t15-/m0/s1. The first-order valence-corrected chi connectivity index (χ1v) is 10.4. The van der Waals surface area contributed by atoms with Crippen LogP contribution in [0.4, 0.5) is 5.95 Å². The molecule has 0 fully saturated rings. The third-order valence-corrected chi connectivity index (χ3v) is 4.97. The molecule has 2 heterocycles. The first kappa shape index (κ1) is 22.4. The number of aromatic nitrogens is 6. The number of halogens is 1. The van der Waals surface area contributed by atoms with Crippen molar-refractivity contribution in [1.82, 2.24) is 30.2 Å². The molecule has 0 radical (unpaired) electrons. The summed E-state index contributed by atoms with van der Waals surface area (Å²) in [4.78, 5) is 8.89. The summed E-state index contributed by atoms with van der Waals surface area (Å²) in [5, 5.41) is 14.9. The van der Waals surface area contributed by atoms with E-state index in [4.69, 9.17) is 16.3 Å². The van der Waals surface area contributed by atoms with Gasteiger partial charge in [-0.15, -0.1) is 5.10 Å². The predicted octanol–water partition coefficient (Wildman–Crippen LogP) is 4.78. The molecule has 3 rings (SSSR count). The molecule has 2 aromatic heterocycles. The summed E-state index contributed by atoms with van der Waals surface area (Å²) in [6, 6.07) is 5.58. The minimum atomic E-state index is -0.174. The molecule has 0 unspecified atom stereocenters. The highest BCUT2D eigenvalue weighted by atomic mass is 35.5. The second kappa shape index (κ2) is 10.2. The molecule has 31 heavy (non-hydrogen) atoms. The lowest BCUT2D eigenvalue weighted by atomic mass is 10.0. The second-order valence-corrected chi connectivity index (χ2v) is 7.82. The van der Waals surface area contributed by atoms with E-state index in [1.165, 1.54) is 0 Å². The van der Waals surface area contributed by atoms with Gasteiger partial charge in [0.2, 0.25) is 5.95 Å². The molecular formula is C22H26ClN7O. The Hall–Kier alpha value is -3.26. The highest BCUT2D eigenvalue weighted by Gasteiger charge is 2.12. The Morgan fingerprint density at radius 3 is 2.58 bits per heavy atom. The normalized spacial score (nSPS) is 12.6. The number of nitrogens with zero attached hydrogens (tertiary/aromatic N) is 6. The van der Waals surface area contributed by atoms with Gasteiger partial charge in [0.15, 0.2) is 0 Å². The molecule has 3 aromatic rings. The molecule has 0 spiro atoms. The number of rotatable bonds is 9. The van der Waals surface area contributed by atoms with Crippen LogP contribution in [-0.2, 0) is 6.54 Å². The van der Waals surface area contributed by atoms with Gasteiger partial charge in [0.05, 0.1) is 11.6 Å². The van der Waals surface area contributed by atoms with Crippen LogP contribution in [0.2, 0.25) is 5.02 Å². The van der Waals surface area contributed by atoms with Gasteiger partial charge in [0.25, 0.3) is 0 Å². The Morgan fingerprint density at radius 2 is 1.97 bits per heavy atom. The zero-order valence-electron chi connectivity index (χ0n) is 18.1. The Morgan fingerprint density at radius 1 is 1.23 bits per heavy atom. The summed E-state index contributed by atoms with van der Waals surface area (Å²) in [5.41, 5.74) is 3.68. The molecule has 1 aromatic carbocycles. The lowest BCUT2D eigenvalue weighted by molar-refractivity contribution is 0.193. The fourth-order valence-corrected chi connectivity index (χ4v) is 3.03. The molecule has 0 bridgehead atoms. The largest absolute Gasteiger partial charge is 0.487 e. The van der Waals surface area contributed by atoms with Crippen molar-refractivity contribution >= 4 is 17.5 Å². The molecule has 0 saturated carbocycles. The van der Waals surface area contributed by atoms with E-state index in [1.807, 2.05) is 32.1 Å². The highest BCUT2D eigenvalue weighted by molar-refractivity contribution is 6.32. The van der Waals surface area contributed by atoms with Crippen molar-refractivity contribution in [3.8, 4) is 16.9 Å². The summed E-state index contributed by atoms with van der Waals surface area (Å²) in [5.74, 6) is 1.42. The Kier molecular flexibility index (Phi) is 7.36. The van der Waals surface area contributed by atoms with E-state index in [1.54, 1.807) is 29.5 Å². The quantitative estimate of drug-likeness (QED) is 0.480. The smallest absolute Gasteiger partial charge is 0.227 e. The van der Waals surface area contributed by atoms with Crippen molar-refractivity contribution in [3.05, 3.63) is 65.9 Å². The predicted molar refractivity (Wildman–Crippen MR) is 122 cm³/mol. The summed E-state index contributed by atoms with van der Waals surface area (Å²) >= 11 is 6.34. The van der Waals surface area contributed by atoms with Crippen molar-refractivity contribution in [2.45, 2.75) is 40.3 Å². The third kappa shape index (κ3) is 5.88. The van der Waals surface area contributed by atoms with Crippen molar-refractivity contribution in [3.63, 3.8) is 0 Å². The third-order valence-electron chi connectivity index (χ3n) is 4.66. The number of hydrogen-bond donors (Lipinski definition) is 1. The molecule has 1 N–H and O–H groups in total. The zero-order chi connectivity index (χ0) is 22.4. The summed E-state index contributed by atoms with van der Waals surface area (Å²) in [6.07, 6.45) is 6.86. The molecule has 162 valence electrons. The van der Waals surface area contributed by atoms with Gasteiger partial charge in [-0.05, 0) is 53.5 Å². The van der Waals surface area contributed by atoms with E-state index >= 15 is 0 Å². The first-order valence-electron chi connectivity index (χ1n) is 9.99. The van der Waals surface area contributed by atoms with Gasteiger partial charge in [-0.1, -0.05) is 44.2 Å². The topological polar surface area (TPSA) is 90.6 Å². The lowest BCUT2D eigenvalue weighted by Crippen LogP contribution is -2.20. The summed E-state index contributed by atoms with van der Waals surface area (Å²) < 4.78 is 7.61. The molecule has 8 nitrogen and oxygen atoms in total. The molecular weight excluding hydrogens is 414 g/mol. The number of hydrogen-bond acceptors (Lipinski definition) is 7. The summed E-state index contributed by atoms with van der Waals surface area (Å²) in [7, 11) is 0. The van der Waals surface area contributed by atoms with Crippen LogP contribution in [0.3, 0.4) is 0 Å². The lowest BCUT2D eigenvalue weighted by Gasteiger charge is -2.16. The van der Waals surface area contributed by atoms with Gasteiger partial charge < -0.3 is 10.1 Å². The second-order valence-electron chi connectivity index (χ2n) is 7.41. The van der Waals surface area contributed by atoms with Crippen LogP contribution >= 0.6 is 11.6 Å². The fraction of sp³-hybridized carbons (Fsp3) is 0.318. The van der Waals surface area contributed by atoms with Crippen LogP contribution in [0, 0.1) is 5.92 Å². The molecule has 9 heteroatoms. The van der Waals surface area contributed by atoms with Crippen LogP contribution in [0.15, 0.2) is 60.8 Å². The first-order chi connectivity index (χ1) is 14.9. The number of anilines is 1. The van der Waals surface area contributed by atoms with E-state index in [0.29, 0.717) is 29.2 Å². The van der Waals surface area contributed by atoms with E-state index in [9.17, 15) is 0 Å². The number of nitrogens with one attached hydrogen (secondary N) is 1. The monoisotopic (exact) mass is 439 g/mol. The Balaban J connectivity index is 1.72. The molecule has 1 atom stereocenters. The SMILES string of the molecule is C=C(/C(=C\C)Nc1ncc(-c2ccc(Cl)c(O[C@@H](C)Cn3cnnn3)c2)cn1)C(C)C. The number of ether oxygens (including phenoxy) is 1. The van der Waals surface area contributed by atoms with E-state index < -0.39 is 0 Å². The maximum Gasteiger partial charge on any atom is 0.227 e. The molecule has 0 saturated heterocycles. The van der Waals surface area contributed by atoms with Crippen molar-refractivity contribution < 1.29 is 4.74 Å². The van der Waals surface area contributed by atoms with Crippen molar-refractivity contribution in [1.29, 1.82) is 0 Å². The minimum absolute atomic E-state index is 0.174. The van der Waals surface area contributed by atoms with E-state index in [2.05, 4.69) is 51.2 Å². The van der Waals surface area contributed by atoms with Gasteiger partial charge in [0.1, 0.15) is 18.2 Å².